The second-order valence-corrected chi connectivity index (χ2v) is 9.15. The van der Waals surface area contributed by atoms with Crippen molar-refractivity contribution in [2.75, 3.05) is 5.43 Å². The Morgan fingerprint density at radius 3 is 2.36 bits per heavy atom. The molecule has 1 aromatic heterocycles. The summed E-state index contributed by atoms with van der Waals surface area (Å²) in [6.45, 7) is 9.06. The van der Waals surface area contributed by atoms with Gasteiger partial charge in [-0.3, -0.25) is 5.43 Å². The third-order valence-electron chi connectivity index (χ3n) is 4.02. The predicted molar refractivity (Wildman–Crippen MR) is 112 cm³/mol. The molecule has 9 heteroatoms. The Morgan fingerprint density at radius 1 is 1.18 bits per heavy atom. The number of hydrogen-bond acceptors (Lipinski definition) is 6. The monoisotopic (exact) mass is 424 g/mol. The van der Waals surface area contributed by atoms with Gasteiger partial charge in [-0.1, -0.05) is 11.6 Å². The lowest BCUT2D eigenvalue weighted by atomic mass is 10.1. The molecule has 2 rings (SSSR count). The van der Waals surface area contributed by atoms with Crippen LogP contribution < -0.4 is 5.43 Å². The van der Waals surface area contributed by atoms with Gasteiger partial charge in [-0.15, -0.1) is 0 Å². The van der Waals surface area contributed by atoms with Crippen LogP contribution in [0.1, 0.15) is 40.2 Å². The molecule has 0 fully saturated rings. The lowest BCUT2D eigenvalue weighted by Gasteiger charge is -2.29. The standard InChI is InChI=1S/C19H25ClN4O3S/c1-12(2)24(13(3)4)28(26,27)16-7-9-19(21-11-16)23-22-14(5)17-10-15(20)6-8-18(17)25/h6-13,25H,1-5H3,(H,21,23)/b22-14+. The molecular formula is C19H25ClN4O3S. The molecule has 0 amide bonds. The van der Waals surface area contributed by atoms with E-state index in [2.05, 4.69) is 15.5 Å². The summed E-state index contributed by atoms with van der Waals surface area (Å²) in [5.41, 5.74) is 3.75. The maximum atomic E-state index is 12.8. The first-order valence-electron chi connectivity index (χ1n) is 8.82. The number of aromatic hydroxyl groups is 1. The molecule has 7 nitrogen and oxygen atoms in total. The largest absolute Gasteiger partial charge is 0.507 e. The summed E-state index contributed by atoms with van der Waals surface area (Å²) in [4.78, 5) is 4.26. The third kappa shape index (κ3) is 5.01. The number of hydrazone groups is 1. The lowest BCUT2D eigenvalue weighted by molar-refractivity contribution is 0.302. The van der Waals surface area contributed by atoms with Crippen molar-refractivity contribution >= 4 is 33.2 Å². The zero-order chi connectivity index (χ0) is 21.1. The van der Waals surface area contributed by atoms with Crippen LogP contribution in [-0.2, 0) is 10.0 Å². The zero-order valence-corrected chi connectivity index (χ0v) is 18.1. The van der Waals surface area contributed by atoms with Crippen LogP contribution in [0.3, 0.4) is 0 Å². The number of anilines is 1. The van der Waals surface area contributed by atoms with E-state index in [-0.39, 0.29) is 22.7 Å². The molecule has 0 unspecified atom stereocenters. The summed E-state index contributed by atoms with van der Waals surface area (Å²) >= 11 is 5.95. The number of nitrogens with one attached hydrogen (secondary N) is 1. The Bertz CT molecular complexity index is 950. The summed E-state index contributed by atoms with van der Waals surface area (Å²) in [6.07, 6.45) is 1.30. The number of benzene rings is 1. The normalized spacial score (nSPS) is 12.8. The maximum absolute atomic E-state index is 12.8. The highest BCUT2D eigenvalue weighted by atomic mass is 35.5. The highest BCUT2D eigenvalue weighted by Crippen LogP contribution is 2.23. The van der Waals surface area contributed by atoms with Gasteiger partial charge in [0.25, 0.3) is 0 Å². The van der Waals surface area contributed by atoms with Gasteiger partial charge in [0.1, 0.15) is 16.5 Å². The second-order valence-electron chi connectivity index (χ2n) is 6.87. The van der Waals surface area contributed by atoms with Gasteiger partial charge in [-0.25, -0.2) is 13.4 Å². The molecular weight excluding hydrogens is 400 g/mol. The van der Waals surface area contributed by atoms with Gasteiger partial charge >= 0.3 is 0 Å². The number of halogens is 1. The van der Waals surface area contributed by atoms with E-state index < -0.39 is 10.0 Å². The fraction of sp³-hybridized carbons (Fsp3) is 0.368. The van der Waals surface area contributed by atoms with Crippen molar-refractivity contribution in [1.82, 2.24) is 9.29 Å². The molecule has 152 valence electrons. The molecule has 0 atom stereocenters. The van der Waals surface area contributed by atoms with Crippen molar-refractivity contribution in [1.29, 1.82) is 0 Å². The molecule has 0 aliphatic carbocycles. The van der Waals surface area contributed by atoms with E-state index >= 15 is 0 Å². The molecule has 0 aliphatic heterocycles. The molecule has 0 saturated carbocycles. The average molecular weight is 425 g/mol. The smallest absolute Gasteiger partial charge is 0.245 e. The summed E-state index contributed by atoms with van der Waals surface area (Å²) in [6, 6.07) is 7.38. The van der Waals surface area contributed by atoms with E-state index in [4.69, 9.17) is 11.6 Å². The highest BCUT2D eigenvalue weighted by molar-refractivity contribution is 7.89. The van der Waals surface area contributed by atoms with Crippen LogP contribution in [0.4, 0.5) is 5.82 Å². The molecule has 0 radical (unpaired) electrons. The Balaban J connectivity index is 2.22. The van der Waals surface area contributed by atoms with Crippen molar-refractivity contribution in [3.8, 4) is 5.75 Å². The maximum Gasteiger partial charge on any atom is 0.245 e. The third-order valence-corrected chi connectivity index (χ3v) is 6.49. The Labute approximate surface area is 171 Å². The Kier molecular flexibility index (Phi) is 7.03. The quantitative estimate of drug-likeness (QED) is 0.515. The number of hydrogen-bond donors (Lipinski definition) is 2. The van der Waals surface area contributed by atoms with Gasteiger partial charge in [0.2, 0.25) is 10.0 Å². The van der Waals surface area contributed by atoms with Crippen LogP contribution in [0.25, 0.3) is 0 Å². The number of phenolic OH excluding ortho intramolecular Hbond substituents is 1. The summed E-state index contributed by atoms with van der Waals surface area (Å²) in [5.74, 6) is 0.435. The SMILES string of the molecule is C/C(=N\Nc1ccc(S(=O)(=O)N(C(C)C)C(C)C)cn1)c1cc(Cl)ccc1O. The van der Waals surface area contributed by atoms with Gasteiger partial charge in [0.15, 0.2) is 0 Å². The molecule has 0 bridgehead atoms. The summed E-state index contributed by atoms with van der Waals surface area (Å²) < 4.78 is 27.1. The van der Waals surface area contributed by atoms with Crippen molar-refractivity contribution in [2.45, 2.75) is 51.6 Å². The van der Waals surface area contributed by atoms with E-state index in [0.717, 1.165) is 0 Å². The Morgan fingerprint density at radius 2 is 1.82 bits per heavy atom. The van der Waals surface area contributed by atoms with Gasteiger partial charge in [-0.05, 0) is 65.0 Å². The number of phenols is 1. The molecule has 0 saturated heterocycles. The average Bonchev–Trinajstić information content (AvgIpc) is 2.61. The minimum absolute atomic E-state index is 0.0595. The van der Waals surface area contributed by atoms with E-state index in [1.807, 2.05) is 27.7 Å². The number of sulfonamides is 1. The first-order valence-corrected chi connectivity index (χ1v) is 10.6. The van der Waals surface area contributed by atoms with Crippen LogP contribution >= 0.6 is 11.6 Å². The van der Waals surface area contributed by atoms with E-state index in [1.54, 1.807) is 25.1 Å². The summed E-state index contributed by atoms with van der Waals surface area (Å²) in [7, 11) is -3.64. The van der Waals surface area contributed by atoms with E-state index in [9.17, 15) is 13.5 Å². The zero-order valence-electron chi connectivity index (χ0n) is 16.5. The van der Waals surface area contributed by atoms with E-state index in [0.29, 0.717) is 22.1 Å². The van der Waals surface area contributed by atoms with Crippen LogP contribution in [0.15, 0.2) is 46.5 Å². The molecule has 2 N–H and O–H groups in total. The first kappa shape index (κ1) is 22.1. The summed E-state index contributed by atoms with van der Waals surface area (Å²) in [5, 5.41) is 14.6. The highest BCUT2D eigenvalue weighted by Gasteiger charge is 2.29. The van der Waals surface area contributed by atoms with Gasteiger partial charge < -0.3 is 5.11 Å². The minimum Gasteiger partial charge on any atom is -0.507 e. The molecule has 2 aromatic rings. The Hall–Kier alpha value is -2.16. The van der Waals surface area contributed by atoms with Gasteiger partial charge in [0.05, 0.1) is 5.71 Å². The van der Waals surface area contributed by atoms with Crippen LogP contribution in [0.5, 0.6) is 5.75 Å². The van der Waals surface area contributed by atoms with Crippen molar-refractivity contribution in [2.24, 2.45) is 5.10 Å². The fourth-order valence-electron chi connectivity index (χ4n) is 2.87. The van der Waals surface area contributed by atoms with Gasteiger partial charge in [-0.2, -0.15) is 9.41 Å². The molecule has 1 aromatic carbocycles. The van der Waals surface area contributed by atoms with Crippen molar-refractivity contribution < 1.29 is 13.5 Å². The molecule has 0 aliphatic rings. The topological polar surface area (TPSA) is 94.9 Å². The molecule has 0 spiro atoms. The fourth-order valence-corrected chi connectivity index (χ4v) is 4.82. The van der Waals surface area contributed by atoms with Crippen LogP contribution in [0.2, 0.25) is 5.02 Å². The second kappa shape index (κ2) is 8.89. The molecule has 1 heterocycles. The van der Waals surface area contributed by atoms with E-state index in [1.165, 1.54) is 22.6 Å². The molecule has 28 heavy (non-hydrogen) atoms. The number of nitrogens with zero attached hydrogens (tertiary/aromatic N) is 3. The van der Waals surface area contributed by atoms with Crippen LogP contribution in [0, 0.1) is 0 Å². The number of rotatable bonds is 7. The number of aromatic nitrogens is 1. The lowest BCUT2D eigenvalue weighted by Crippen LogP contribution is -2.41. The minimum atomic E-state index is -3.64. The number of pyridine rings is 1. The van der Waals surface area contributed by atoms with Crippen molar-refractivity contribution in [3.63, 3.8) is 0 Å². The van der Waals surface area contributed by atoms with Crippen molar-refractivity contribution in [3.05, 3.63) is 47.1 Å². The van der Waals surface area contributed by atoms with Crippen LogP contribution in [-0.4, -0.2) is 40.6 Å². The predicted octanol–water partition coefficient (Wildman–Crippen LogP) is 4.08. The first-order chi connectivity index (χ1) is 13.0. The van der Waals surface area contributed by atoms with Gasteiger partial charge in [0, 0.05) is 28.9 Å².